The Morgan fingerprint density at radius 1 is 1.31 bits per heavy atom. The number of hydrogen-bond donors (Lipinski definition) is 1. The maximum absolute atomic E-state index is 10.4. The Hall–Kier alpha value is -1.45. The molecule has 0 atom stereocenters. The molecule has 1 aliphatic rings. The number of carboxylic acid groups (broad SMARTS) is 1. The Labute approximate surface area is 94.7 Å². The first-order chi connectivity index (χ1) is 7.75. The molecule has 1 N–H and O–H groups in total. The van der Waals surface area contributed by atoms with Gasteiger partial charge in [-0.25, -0.2) is 9.97 Å². The lowest BCUT2D eigenvalue weighted by atomic mass is 10.1. The summed E-state index contributed by atoms with van der Waals surface area (Å²) in [4.78, 5) is 19.1. The standard InChI is InChI=1S/C12H16N2O2/c15-11(16)6-5-9-7-13-12(14-8-9)10-3-1-2-4-10/h7-8,10H,1-6H2,(H,15,16). The molecular weight excluding hydrogens is 204 g/mol. The highest BCUT2D eigenvalue weighted by Gasteiger charge is 2.19. The largest absolute Gasteiger partial charge is 0.481 e. The fourth-order valence-corrected chi connectivity index (χ4v) is 2.14. The molecule has 0 radical (unpaired) electrons. The minimum atomic E-state index is -0.778. The molecule has 0 amide bonds. The van der Waals surface area contributed by atoms with E-state index < -0.39 is 5.97 Å². The lowest BCUT2D eigenvalue weighted by molar-refractivity contribution is -0.136. The number of hydrogen-bond acceptors (Lipinski definition) is 3. The second-order valence-corrected chi connectivity index (χ2v) is 4.32. The van der Waals surface area contributed by atoms with Gasteiger partial charge in [-0.3, -0.25) is 4.79 Å². The van der Waals surface area contributed by atoms with Crippen molar-refractivity contribution >= 4 is 5.97 Å². The molecule has 1 heterocycles. The van der Waals surface area contributed by atoms with Crippen molar-refractivity contribution in [3.05, 3.63) is 23.8 Å². The number of rotatable bonds is 4. The number of aryl methyl sites for hydroxylation is 1. The summed E-state index contributed by atoms with van der Waals surface area (Å²) in [6, 6.07) is 0. The highest BCUT2D eigenvalue weighted by Crippen LogP contribution is 2.31. The molecule has 4 nitrogen and oxygen atoms in total. The van der Waals surface area contributed by atoms with E-state index in [0.717, 1.165) is 11.4 Å². The average molecular weight is 220 g/mol. The predicted octanol–water partition coefficient (Wildman–Crippen LogP) is 2.15. The first kappa shape index (κ1) is 11.0. The molecule has 1 aromatic heterocycles. The quantitative estimate of drug-likeness (QED) is 0.844. The SMILES string of the molecule is O=C(O)CCc1cnc(C2CCCC2)nc1. The van der Waals surface area contributed by atoms with Gasteiger partial charge < -0.3 is 5.11 Å². The van der Waals surface area contributed by atoms with Crippen LogP contribution in [0.2, 0.25) is 0 Å². The molecule has 16 heavy (non-hydrogen) atoms. The normalized spacial score (nSPS) is 16.5. The lowest BCUT2D eigenvalue weighted by Gasteiger charge is -2.07. The first-order valence-corrected chi connectivity index (χ1v) is 5.78. The molecule has 4 heteroatoms. The van der Waals surface area contributed by atoms with E-state index in [1.165, 1.54) is 25.7 Å². The van der Waals surface area contributed by atoms with Crippen LogP contribution < -0.4 is 0 Å². The van der Waals surface area contributed by atoms with Crippen LogP contribution in [0, 0.1) is 0 Å². The molecular formula is C12H16N2O2. The third-order valence-corrected chi connectivity index (χ3v) is 3.07. The second kappa shape index (κ2) is 5.05. The number of carboxylic acids is 1. The maximum atomic E-state index is 10.4. The number of carbonyl (C=O) groups is 1. The Morgan fingerprint density at radius 3 is 2.50 bits per heavy atom. The van der Waals surface area contributed by atoms with E-state index in [-0.39, 0.29) is 6.42 Å². The van der Waals surface area contributed by atoms with Gasteiger partial charge in [0.15, 0.2) is 0 Å². The fourth-order valence-electron chi connectivity index (χ4n) is 2.14. The zero-order valence-electron chi connectivity index (χ0n) is 9.22. The molecule has 86 valence electrons. The summed E-state index contributed by atoms with van der Waals surface area (Å²) >= 11 is 0. The number of aliphatic carboxylic acids is 1. The van der Waals surface area contributed by atoms with Crippen molar-refractivity contribution < 1.29 is 9.90 Å². The molecule has 0 aromatic carbocycles. The van der Waals surface area contributed by atoms with Crippen molar-refractivity contribution in [1.29, 1.82) is 0 Å². The topological polar surface area (TPSA) is 63.1 Å². The van der Waals surface area contributed by atoms with Gasteiger partial charge in [0.05, 0.1) is 0 Å². The predicted molar refractivity (Wildman–Crippen MR) is 59.2 cm³/mol. The zero-order chi connectivity index (χ0) is 11.4. The van der Waals surface area contributed by atoms with Crippen molar-refractivity contribution in [2.45, 2.75) is 44.4 Å². The molecule has 0 unspecified atom stereocenters. The van der Waals surface area contributed by atoms with E-state index in [2.05, 4.69) is 9.97 Å². The van der Waals surface area contributed by atoms with Crippen LogP contribution in [-0.2, 0) is 11.2 Å². The van der Waals surface area contributed by atoms with Crippen molar-refractivity contribution in [3.8, 4) is 0 Å². The maximum Gasteiger partial charge on any atom is 0.303 e. The van der Waals surface area contributed by atoms with Gasteiger partial charge in [-0.15, -0.1) is 0 Å². The zero-order valence-corrected chi connectivity index (χ0v) is 9.22. The summed E-state index contributed by atoms with van der Waals surface area (Å²) < 4.78 is 0. The van der Waals surface area contributed by atoms with Crippen LogP contribution in [0.5, 0.6) is 0 Å². The molecule has 1 aromatic rings. The second-order valence-electron chi connectivity index (χ2n) is 4.32. The van der Waals surface area contributed by atoms with Gasteiger partial charge in [0.25, 0.3) is 0 Å². The van der Waals surface area contributed by atoms with E-state index in [0.29, 0.717) is 12.3 Å². The smallest absolute Gasteiger partial charge is 0.303 e. The highest BCUT2D eigenvalue weighted by atomic mass is 16.4. The van der Waals surface area contributed by atoms with Gasteiger partial charge >= 0.3 is 5.97 Å². The molecule has 0 spiro atoms. The van der Waals surface area contributed by atoms with Crippen LogP contribution >= 0.6 is 0 Å². The van der Waals surface area contributed by atoms with Crippen molar-refractivity contribution in [2.24, 2.45) is 0 Å². The van der Waals surface area contributed by atoms with Gasteiger partial charge in [0, 0.05) is 24.7 Å². The van der Waals surface area contributed by atoms with Gasteiger partial charge in [-0.05, 0) is 24.8 Å². The Bertz CT molecular complexity index is 356. The van der Waals surface area contributed by atoms with Gasteiger partial charge in [0.2, 0.25) is 0 Å². The van der Waals surface area contributed by atoms with Crippen LogP contribution in [0.3, 0.4) is 0 Å². The number of aromatic nitrogens is 2. The van der Waals surface area contributed by atoms with Crippen LogP contribution in [0.1, 0.15) is 49.4 Å². The summed E-state index contributed by atoms with van der Waals surface area (Å²) in [6.07, 6.45) is 9.12. The first-order valence-electron chi connectivity index (χ1n) is 5.78. The molecule has 2 rings (SSSR count). The van der Waals surface area contributed by atoms with E-state index in [1.807, 2.05) is 0 Å². The van der Waals surface area contributed by atoms with E-state index in [4.69, 9.17) is 5.11 Å². The van der Waals surface area contributed by atoms with Crippen molar-refractivity contribution in [3.63, 3.8) is 0 Å². The summed E-state index contributed by atoms with van der Waals surface area (Å²) in [5.74, 6) is 0.671. The fraction of sp³-hybridized carbons (Fsp3) is 0.583. The van der Waals surface area contributed by atoms with Crippen molar-refractivity contribution in [1.82, 2.24) is 9.97 Å². The summed E-state index contributed by atoms with van der Waals surface area (Å²) in [7, 11) is 0. The van der Waals surface area contributed by atoms with Crippen LogP contribution in [0.4, 0.5) is 0 Å². The Kier molecular flexibility index (Phi) is 3.49. The Balaban J connectivity index is 1.95. The summed E-state index contributed by atoms with van der Waals surface area (Å²) in [6.45, 7) is 0. The third-order valence-electron chi connectivity index (χ3n) is 3.07. The monoisotopic (exact) mass is 220 g/mol. The van der Waals surface area contributed by atoms with Gasteiger partial charge in [-0.1, -0.05) is 12.8 Å². The van der Waals surface area contributed by atoms with Gasteiger partial charge in [-0.2, -0.15) is 0 Å². The van der Waals surface area contributed by atoms with Crippen LogP contribution in [0.25, 0.3) is 0 Å². The molecule has 0 bridgehead atoms. The molecule has 0 aliphatic heterocycles. The molecule has 1 saturated carbocycles. The minimum Gasteiger partial charge on any atom is -0.481 e. The minimum absolute atomic E-state index is 0.145. The Morgan fingerprint density at radius 2 is 1.94 bits per heavy atom. The average Bonchev–Trinajstić information content (AvgIpc) is 2.80. The number of nitrogens with zero attached hydrogens (tertiary/aromatic N) is 2. The van der Waals surface area contributed by atoms with E-state index in [9.17, 15) is 4.79 Å². The van der Waals surface area contributed by atoms with E-state index >= 15 is 0 Å². The van der Waals surface area contributed by atoms with Gasteiger partial charge in [0.1, 0.15) is 5.82 Å². The molecule has 1 fully saturated rings. The molecule has 1 aliphatic carbocycles. The van der Waals surface area contributed by atoms with E-state index in [1.54, 1.807) is 12.4 Å². The molecule has 0 saturated heterocycles. The third kappa shape index (κ3) is 2.78. The highest BCUT2D eigenvalue weighted by molar-refractivity contribution is 5.67. The summed E-state index contributed by atoms with van der Waals surface area (Å²) in [5.41, 5.74) is 0.907. The van der Waals surface area contributed by atoms with Crippen molar-refractivity contribution in [2.75, 3.05) is 0 Å². The van der Waals surface area contributed by atoms with Crippen LogP contribution in [0.15, 0.2) is 12.4 Å². The lowest BCUT2D eigenvalue weighted by Crippen LogP contribution is -2.03. The van der Waals surface area contributed by atoms with Crippen LogP contribution in [-0.4, -0.2) is 21.0 Å². The summed E-state index contributed by atoms with van der Waals surface area (Å²) in [5, 5.41) is 8.56.